The fraction of sp³-hybridized carbons (Fsp3) is 0.400. The third-order valence-electron chi connectivity index (χ3n) is 6.13. The second-order valence-electron chi connectivity index (χ2n) is 8.40. The molecule has 1 aliphatic rings. The molecule has 1 N–H and O–H groups in total. The Hall–Kier alpha value is -3.42. The van der Waals surface area contributed by atoms with Crippen LogP contribution in [0.3, 0.4) is 0 Å². The molecule has 0 aliphatic carbocycles. The molecule has 0 bridgehead atoms. The molecule has 33 heavy (non-hydrogen) atoms. The summed E-state index contributed by atoms with van der Waals surface area (Å²) in [5.74, 6) is 2.35. The largest absolute Gasteiger partial charge is 0.497 e. The van der Waals surface area contributed by atoms with E-state index in [4.69, 9.17) is 9.72 Å². The average molecular weight is 452 g/mol. The second-order valence-corrected chi connectivity index (χ2v) is 8.40. The minimum atomic E-state index is -0.221. The molecule has 3 heterocycles. The molecule has 7 nitrogen and oxygen atoms in total. The monoisotopic (exact) mass is 451 g/mol. The number of ether oxygens (including phenoxy) is 1. The number of imidazole rings is 1. The number of pyridine rings is 1. The highest BCUT2D eigenvalue weighted by atomic mass is 19.1. The van der Waals surface area contributed by atoms with E-state index in [1.165, 1.54) is 6.07 Å². The van der Waals surface area contributed by atoms with Crippen molar-refractivity contribution in [2.24, 2.45) is 0 Å². The van der Waals surface area contributed by atoms with Crippen molar-refractivity contribution in [1.29, 1.82) is 0 Å². The Bertz CT molecular complexity index is 1120. The number of benzene rings is 1. The maximum absolute atomic E-state index is 13.6. The molecule has 1 fully saturated rings. The van der Waals surface area contributed by atoms with Crippen molar-refractivity contribution in [2.75, 3.05) is 38.2 Å². The van der Waals surface area contributed by atoms with Crippen LogP contribution in [0.4, 0.5) is 10.2 Å². The highest BCUT2D eigenvalue weighted by molar-refractivity contribution is 5.76. The molecular formula is C25H30FN5O2. The van der Waals surface area contributed by atoms with Crippen molar-refractivity contribution in [3.05, 3.63) is 59.3 Å². The van der Waals surface area contributed by atoms with Gasteiger partial charge >= 0.3 is 0 Å². The minimum absolute atomic E-state index is 0.177. The summed E-state index contributed by atoms with van der Waals surface area (Å²) in [7, 11) is 1.64. The number of hydrogen-bond donors (Lipinski definition) is 1. The zero-order valence-electron chi connectivity index (χ0n) is 19.4. The van der Waals surface area contributed by atoms with Gasteiger partial charge in [0.15, 0.2) is 0 Å². The van der Waals surface area contributed by atoms with E-state index in [0.717, 1.165) is 60.3 Å². The van der Waals surface area contributed by atoms with Crippen LogP contribution < -0.4 is 9.64 Å². The lowest BCUT2D eigenvalue weighted by Crippen LogP contribution is -2.49. The number of nitrogens with zero attached hydrogens (tertiary/aromatic N) is 4. The standard InChI is InChI=1S/C25H30FN5O2/c1-17-15-19(7-8-21(17)26)25-28-18(2)22(29-25)5-4-6-24(32)31-13-11-30(12-14-31)23-16-20(33-3)9-10-27-23/h7-10,15-16H,4-6,11-14H2,1-3H3,(H,28,29). The number of aromatic nitrogens is 3. The van der Waals surface area contributed by atoms with Crippen molar-refractivity contribution in [3.8, 4) is 17.1 Å². The van der Waals surface area contributed by atoms with Crippen LogP contribution in [0.2, 0.25) is 0 Å². The zero-order valence-corrected chi connectivity index (χ0v) is 19.4. The fourth-order valence-electron chi connectivity index (χ4n) is 4.12. The smallest absolute Gasteiger partial charge is 0.222 e. The third-order valence-corrected chi connectivity index (χ3v) is 6.13. The van der Waals surface area contributed by atoms with Crippen molar-refractivity contribution in [2.45, 2.75) is 33.1 Å². The molecule has 1 saturated heterocycles. The molecule has 3 aromatic rings. The Morgan fingerprint density at radius 2 is 1.94 bits per heavy atom. The van der Waals surface area contributed by atoms with Gasteiger partial charge in [-0.05, 0) is 56.5 Å². The molecule has 0 unspecified atom stereocenters. The van der Waals surface area contributed by atoms with Gasteiger partial charge in [0, 0.05) is 56.1 Å². The molecule has 1 aromatic carbocycles. The number of rotatable bonds is 7. The minimum Gasteiger partial charge on any atom is -0.497 e. The van der Waals surface area contributed by atoms with Crippen molar-refractivity contribution < 1.29 is 13.9 Å². The van der Waals surface area contributed by atoms with E-state index in [1.807, 2.05) is 24.0 Å². The predicted octanol–water partition coefficient (Wildman–Crippen LogP) is 3.91. The summed E-state index contributed by atoms with van der Waals surface area (Å²) in [6, 6.07) is 8.74. The van der Waals surface area contributed by atoms with Crippen LogP contribution in [0.15, 0.2) is 36.5 Å². The van der Waals surface area contributed by atoms with E-state index in [9.17, 15) is 9.18 Å². The number of amides is 1. The quantitative estimate of drug-likeness (QED) is 0.590. The van der Waals surface area contributed by atoms with Gasteiger partial charge in [-0.3, -0.25) is 4.79 Å². The van der Waals surface area contributed by atoms with E-state index in [0.29, 0.717) is 25.1 Å². The van der Waals surface area contributed by atoms with Gasteiger partial charge < -0.3 is 19.5 Å². The van der Waals surface area contributed by atoms with Gasteiger partial charge in [-0.25, -0.2) is 14.4 Å². The Morgan fingerprint density at radius 3 is 2.67 bits per heavy atom. The molecule has 0 spiro atoms. The first-order valence-electron chi connectivity index (χ1n) is 11.3. The van der Waals surface area contributed by atoms with E-state index in [-0.39, 0.29) is 11.7 Å². The molecule has 1 amide bonds. The summed E-state index contributed by atoms with van der Waals surface area (Å²) in [6.45, 7) is 6.61. The summed E-state index contributed by atoms with van der Waals surface area (Å²) >= 11 is 0. The van der Waals surface area contributed by atoms with E-state index >= 15 is 0 Å². The highest BCUT2D eigenvalue weighted by Gasteiger charge is 2.22. The molecule has 0 radical (unpaired) electrons. The van der Waals surface area contributed by atoms with Crippen LogP contribution in [0, 0.1) is 19.7 Å². The first kappa shape index (κ1) is 22.8. The SMILES string of the molecule is COc1ccnc(N2CCN(C(=O)CCCc3nc(-c4ccc(F)c(C)c4)[nH]c3C)CC2)c1. The number of H-pyrrole nitrogens is 1. The van der Waals surface area contributed by atoms with Crippen LogP contribution in [-0.4, -0.2) is 59.0 Å². The number of halogens is 1. The molecular weight excluding hydrogens is 421 g/mol. The Balaban J connectivity index is 1.27. The number of carbonyl (C=O) groups excluding carboxylic acids is 1. The van der Waals surface area contributed by atoms with Crippen LogP contribution in [-0.2, 0) is 11.2 Å². The Kier molecular flexibility index (Phi) is 6.91. The molecule has 0 atom stereocenters. The lowest BCUT2D eigenvalue weighted by molar-refractivity contribution is -0.131. The molecule has 174 valence electrons. The van der Waals surface area contributed by atoms with Gasteiger partial charge in [0.2, 0.25) is 5.91 Å². The van der Waals surface area contributed by atoms with E-state index in [2.05, 4.69) is 14.9 Å². The number of piperazine rings is 1. The van der Waals surface area contributed by atoms with Gasteiger partial charge in [-0.1, -0.05) is 0 Å². The summed E-state index contributed by atoms with van der Waals surface area (Å²) in [6.07, 6.45) is 3.70. The van der Waals surface area contributed by atoms with Crippen LogP contribution in [0.25, 0.3) is 11.4 Å². The van der Waals surface area contributed by atoms with Crippen LogP contribution >= 0.6 is 0 Å². The molecule has 1 aliphatic heterocycles. The number of aromatic amines is 1. The fourth-order valence-corrected chi connectivity index (χ4v) is 4.12. The Labute approximate surface area is 193 Å². The molecule has 8 heteroatoms. The Morgan fingerprint density at radius 1 is 1.15 bits per heavy atom. The first-order valence-corrected chi connectivity index (χ1v) is 11.3. The van der Waals surface area contributed by atoms with Crippen molar-refractivity contribution in [1.82, 2.24) is 19.9 Å². The first-order chi connectivity index (χ1) is 15.9. The number of carbonyl (C=O) groups is 1. The summed E-state index contributed by atoms with van der Waals surface area (Å²) < 4.78 is 18.8. The van der Waals surface area contributed by atoms with E-state index in [1.54, 1.807) is 32.4 Å². The van der Waals surface area contributed by atoms with Crippen LogP contribution in [0.5, 0.6) is 5.75 Å². The van der Waals surface area contributed by atoms with Crippen LogP contribution in [0.1, 0.15) is 29.8 Å². The van der Waals surface area contributed by atoms with Crippen molar-refractivity contribution >= 4 is 11.7 Å². The van der Waals surface area contributed by atoms with Crippen molar-refractivity contribution in [3.63, 3.8) is 0 Å². The number of hydrogen-bond acceptors (Lipinski definition) is 5. The normalized spacial score (nSPS) is 13.9. The maximum atomic E-state index is 13.6. The number of anilines is 1. The zero-order chi connectivity index (χ0) is 23.4. The van der Waals surface area contributed by atoms with Gasteiger partial charge in [0.1, 0.15) is 23.2 Å². The third kappa shape index (κ3) is 5.32. The topological polar surface area (TPSA) is 74.3 Å². The van der Waals surface area contributed by atoms with E-state index < -0.39 is 0 Å². The average Bonchev–Trinajstić information content (AvgIpc) is 3.21. The second kappa shape index (κ2) is 10.0. The maximum Gasteiger partial charge on any atom is 0.222 e. The molecule has 0 saturated carbocycles. The summed E-state index contributed by atoms with van der Waals surface area (Å²) in [5, 5.41) is 0. The number of methoxy groups -OCH3 is 1. The molecule has 4 rings (SSSR count). The molecule has 2 aromatic heterocycles. The summed E-state index contributed by atoms with van der Waals surface area (Å²) in [5.41, 5.74) is 3.39. The number of nitrogens with one attached hydrogen (secondary N) is 1. The highest BCUT2D eigenvalue weighted by Crippen LogP contribution is 2.22. The number of aryl methyl sites for hydroxylation is 3. The van der Waals surface area contributed by atoms with Gasteiger partial charge in [-0.2, -0.15) is 0 Å². The summed E-state index contributed by atoms with van der Waals surface area (Å²) in [4.78, 5) is 29.2. The predicted molar refractivity (Wildman–Crippen MR) is 126 cm³/mol. The lowest BCUT2D eigenvalue weighted by Gasteiger charge is -2.35. The van der Waals surface area contributed by atoms with Gasteiger partial charge in [0.25, 0.3) is 0 Å². The lowest BCUT2D eigenvalue weighted by atomic mass is 10.1. The van der Waals surface area contributed by atoms with Gasteiger partial charge in [-0.15, -0.1) is 0 Å². The van der Waals surface area contributed by atoms with Gasteiger partial charge in [0.05, 0.1) is 12.8 Å².